The van der Waals surface area contributed by atoms with Crippen molar-refractivity contribution in [1.29, 1.82) is 0 Å². The van der Waals surface area contributed by atoms with Gasteiger partial charge in [0.15, 0.2) is 0 Å². The van der Waals surface area contributed by atoms with Gasteiger partial charge in [0.1, 0.15) is 6.61 Å². The molecule has 1 fully saturated rings. The van der Waals surface area contributed by atoms with Crippen LogP contribution >= 0.6 is 0 Å². The molecule has 1 aliphatic rings. The molecule has 3 nitrogen and oxygen atoms in total. The van der Waals surface area contributed by atoms with E-state index >= 15 is 0 Å². The van der Waals surface area contributed by atoms with Crippen LogP contribution < -0.4 is 0 Å². The van der Waals surface area contributed by atoms with Crippen LogP contribution in [0.25, 0.3) is 0 Å². The maximum atomic E-state index is 11.7. The molecule has 1 aliphatic heterocycles. The third-order valence-electron chi connectivity index (χ3n) is 2.90. The molecule has 0 spiro atoms. The number of hydrogen-bond donors (Lipinski definition) is 0. The summed E-state index contributed by atoms with van der Waals surface area (Å²) in [4.78, 5) is 13.5. The van der Waals surface area contributed by atoms with E-state index in [1.807, 2.05) is 30.3 Å². The van der Waals surface area contributed by atoms with Gasteiger partial charge in [-0.2, -0.15) is 0 Å². The summed E-state index contributed by atoms with van der Waals surface area (Å²) >= 11 is 0. The Balaban J connectivity index is 1.73. The van der Waals surface area contributed by atoms with Gasteiger partial charge in [0.25, 0.3) is 0 Å². The molecule has 0 aromatic heterocycles. The Morgan fingerprint density at radius 2 is 2.12 bits per heavy atom. The molecule has 1 saturated heterocycles. The van der Waals surface area contributed by atoms with Crippen LogP contribution in [0.5, 0.6) is 0 Å². The molecule has 1 aromatic carbocycles. The maximum Gasteiger partial charge on any atom is 0.410 e. The lowest BCUT2D eigenvalue weighted by Crippen LogP contribution is -2.15. The molecule has 0 bridgehead atoms. The number of benzene rings is 1. The molecule has 0 radical (unpaired) electrons. The van der Waals surface area contributed by atoms with Crippen molar-refractivity contribution in [2.75, 3.05) is 6.54 Å². The van der Waals surface area contributed by atoms with E-state index in [1.54, 1.807) is 4.90 Å². The van der Waals surface area contributed by atoms with Crippen LogP contribution in [0.3, 0.4) is 0 Å². The van der Waals surface area contributed by atoms with Crippen molar-refractivity contribution in [3.63, 3.8) is 0 Å². The van der Waals surface area contributed by atoms with Gasteiger partial charge < -0.3 is 9.64 Å². The molecule has 1 heterocycles. The summed E-state index contributed by atoms with van der Waals surface area (Å²) in [5.41, 5.74) is 1.03. The Morgan fingerprint density at radius 3 is 2.76 bits per heavy atom. The number of carbonyl (C=O) groups excluding carboxylic acids is 1. The highest BCUT2D eigenvalue weighted by Crippen LogP contribution is 2.25. The Labute approximate surface area is 102 Å². The predicted molar refractivity (Wildman–Crippen MR) is 66.6 cm³/mol. The van der Waals surface area contributed by atoms with E-state index < -0.39 is 0 Å². The third kappa shape index (κ3) is 3.48. The average Bonchev–Trinajstić information content (AvgIpc) is 3.06. The number of carbonyl (C=O) groups is 1. The van der Waals surface area contributed by atoms with Gasteiger partial charge >= 0.3 is 6.09 Å². The van der Waals surface area contributed by atoms with Gasteiger partial charge in [-0.3, -0.25) is 0 Å². The molecule has 0 saturated carbocycles. The smallest absolute Gasteiger partial charge is 0.410 e. The van der Waals surface area contributed by atoms with Crippen LogP contribution in [0.4, 0.5) is 4.79 Å². The molecule has 0 aliphatic carbocycles. The van der Waals surface area contributed by atoms with Crippen molar-refractivity contribution in [2.24, 2.45) is 5.92 Å². The van der Waals surface area contributed by atoms with E-state index in [2.05, 4.69) is 13.8 Å². The summed E-state index contributed by atoms with van der Waals surface area (Å²) < 4.78 is 5.25. The van der Waals surface area contributed by atoms with E-state index in [1.165, 1.54) is 0 Å². The second-order valence-electron chi connectivity index (χ2n) is 4.98. The van der Waals surface area contributed by atoms with Crippen LogP contribution in [0, 0.1) is 5.92 Å². The highest BCUT2D eigenvalue weighted by Gasteiger charge is 2.39. The summed E-state index contributed by atoms with van der Waals surface area (Å²) in [7, 11) is 0. The zero-order valence-corrected chi connectivity index (χ0v) is 10.4. The van der Waals surface area contributed by atoms with Crippen molar-refractivity contribution < 1.29 is 9.53 Å². The fraction of sp³-hybridized carbons (Fsp3) is 0.500. The standard InChI is InChI=1S/C14H19NO2/c1-11(2)8-13-9-15(13)14(16)17-10-12-6-4-3-5-7-12/h3-7,11,13H,8-10H2,1-2H3. The minimum atomic E-state index is -0.181. The largest absolute Gasteiger partial charge is 0.445 e. The monoisotopic (exact) mass is 233 g/mol. The molecule has 1 atom stereocenters. The van der Waals surface area contributed by atoms with Crippen molar-refractivity contribution >= 4 is 6.09 Å². The molecule has 92 valence electrons. The SMILES string of the molecule is CC(C)CC1CN1C(=O)OCc1ccccc1. The fourth-order valence-electron chi connectivity index (χ4n) is 1.95. The van der Waals surface area contributed by atoms with Gasteiger partial charge in [-0.1, -0.05) is 44.2 Å². The lowest BCUT2D eigenvalue weighted by Gasteiger charge is -2.07. The molecule has 1 amide bonds. The molecule has 1 aromatic rings. The summed E-state index contributed by atoms with van der Waals surface area (Å²) in [5.74, 6) is 0.631. The molecule has 3 heteroatoms. The van der Waals surface area contributed by atoms with Gasteiger partial charge in [0.2, 0.25) is 0 Å². The second-order valence-corrected chi connectivity index (χ2v) is 4.98. The van der Waals surface area contributed by atoms with Crippen molar-refractivity contribution in [3.8, 4) is 0 Å². The topological polar surface area (TPSA) is 29.3 Å². The van der Waals surface area contributed by atoms with Crippen LogP contribution in [0.1, 0.15) is 25.8 Å². The normalized spacial score (nSPS) is 18.3. The van der Waals surface area contributed by atoms with Crippen LogP contribution in [-0.2, 0) is 11.3 Å². The first-order valence-corrected chi connectivity index (χ1v) is 6.14. The summed E-state index contributed by atoms with van der Waals surface area (Å²) in [5, 5.41) is 0. The minimum Gasteiger partial charge on any atom is -0.445 e. The summed E-state index contributed by atoms with van der Waals surface area (Å²) in [6.45, 7) is 5.56. The number of ether oxygens (including phenoxy) is 1. The average molecular weight is 233 g/mol. The number of amides is 1. The minimum absolute atomic E-state index is 0.181. The molecular formula is C14H19NO2. The maximum absolute atomic E-state index is 11.7. The third-order valence-corrected chi connectivity index (χ3v) is 2.90. The van der Waals surface area contributed by atoms with Gasteiger partial charge in [0.05, 0.1) is 6.04 Å². The number of rotatable bonds is 4. The Bertz CT molecular complexity index is 375. The van der Waals surface area contributed by atoms with Crippen molar-refractivity contribution in [3.05, 3.63) is 35.9 Å². The quantitative estimate of drug-likeness (QED) is 0.748. The second kappa shape index (κ2) is 5.21. The Morgan fingerprint density at radius 1 is 1.41 bits per heavy atom. The molecule has 1 unspecified atom stereocenters. The van der Waals surface area contributed by atoms with Crippen LogP contribution in [0.2, 0.25) is 0 Å². The molecule has 0 N–H and O–H groups in total. The highest BCUT2D eigenvalue weighted by atomic mass is 16.6. The van der Waals surface area contributed by atoms with E-state index in [9.17, 15) is 4.79 Å². The highest BCUT2D eigenvalue weighted by molar-refractivity contribution is 5.71. The first kappa shape index (κ1) is 12.0. The van der Waals surface area contributed by atoms with Crippen LogP contribution in [0.15, 0.2) is 30.3 Å². The van der Waals surface area contributed by atoms with Gasteiger partial charge in [0, 0.05) is 6.54 Å². The van der Waals surface area contributed by atoms with E-state index in [-0.39, 0.29) is 6.09 Å². The predicted octanol–water partition coefficient (Wildman–Crippen LogP) is 3.05. The molecular weight excluding hydrogens is 214 g/mol. The van der Waals surface area contributed by atoms with Gasteiger partial charge in [-0.15, -0.1) is 0 Å². The van der Waals surface area contributed by atoms with E-state index in [0.717, 1.165) is 18.5 Å². The first-order chi connectivity index (χ1) is 8.16. The Kier molecular flexibility index (Phi) is 3.67. The van der Waals surface area contributed by atoms with E-state index in [0.29, 0.717) is 18.6 Å². The van der Waals surface area contributed by atoms with Gasteiger partial charge in [-0.05, 0) is 17.9 Å². The number of nitrogens with zero attached hydrogens (tertiary/aromatic N) is 1. The summed E-state index contributed by atoms with van der Waals surface area (Å²) in [6, 6.07) is 10.2. The van der Waals surface area contributed by atoms with Crippen LogP contribution in [-0.4, -0.2) is 23.6 Å². The number of hydrogen-bond acceptors (Lipinski definition) is 2. The fourth-order valence-corrected chi connectivity index (χ4v) is 1.95. The Hall–Kier alpha value is -1.51. The van der Waals surface area contributed by atoms with Crippen molar-refractivity contribution in [2.45, 2.75) is 32.9 Å². The lowest BCUT2D eigenvalue weighted by atomic mass is 10.1. The molecule has 17 heavy (non-hydrogen) atoms. The molecule has 2 rings (SSSR count). The lowest BCUT2D eigenvalue weighted by molar-refractivity contribution is 0.121. The zero-order chi connectivity index (χ0) is 12.3. The van der Waals surface area contributed by atoms with E-state index in [4.69, 9.17) is 4.74 Å². The summed E-state index contributed by atoms with van der Waals surface area (Å²) in [6.07, 6.45) is 0.889. The van der Waals surface area contributed by atoms with Crippen molar-refractivity contribution in [1.82, 2.24) is 4.90 Å². The first-order valence-electron chi connectivity index (χ1n) is 6.14. The van der Waals surface area contributed by atoms with Gasteiger partial charge in [-0.25, -0.2) is 4.79 Å². The zero-order valence-electron chi connectivity index (χ0n) is 10.4.